The molecule has 18 nitrogen and oxygen atoms in total. The minimum Gasteiger partial charge on any atom is -0.475 e. The maximum absolute atomic E-state index is 14.5. The number of H-pyrrole nitrogens is 1. The van der Waals surface area contributed by atoms with Gasteiger partial charge in [-0.2, -0.15) is 13.2 Å². The first kappa shape index (κ1) is 52.3. The molecule has 370 valence electrons. The van der Waals surface area contributed by atoms with Gasteiger partial charge in [-0.25, -0.2) is 4.79 Å². The summed E-state index contributed by atoms with van der Waals surface area (Å²) in [5.41, 5.74) is 13.7. The summed E-state index contributed by atoms with van der Waals surface area (Å²) < 4.78 is 31.7. The first-order chi connectivity index (χ1) is 32.5. The van der Waals surface area contributed by atoms with Crippen LogP contribution in [0.5, 0.6) is 0 Å². The first-order valence-corrected chi connectivity index (χ1v) is 23.2. The number of halogens is 3. The third-order valence-corrected chi connectivity index (χ3v) is 12.4. The van der Waals surface area contributed by atoms with Crippen LogP contribution in [0.15, 0.2) is 65.8 Å². The molecular weight excluding hydrogens is 890 g/mol. The highest BCUT2D eigenvalue weighted by atomic mass is 19.4. The fourth-order valence-corrected chi connectivity index (χ4v) is 8.87. The zero-order valence-electron chi connectivity index (χ0n) is 38.0. The Bertz CT molecular complexity index is 2230. The van der Waals surface area contributed by atoms with Crippen molar-refractivity contribution >= 4 is 58.3 Å². The molecule has 3 aromatic rings. The number of aromatic nitrogens is 1. The summed E-state index contributed by atoms with van der Waals surface area (Å²) in [6.45, 7) is 0.689. The number of carboxylic acid groups (broad SMARTS) is 1. The third kappa shape index (κ3) is 16.0. The molecule has 3 aliphatic rings. The quantitative estimate of drug-likeness (QED) is 0.0727. The van der Waals surface area contributed by atoms with Crippen molar-refractivity contribution in [3.05, 3.63) is 71.9 Å². The van der Waals surface area contributed by atoms with E-state index in [4.69, 9.17) is 21.4 Å². The number of carbonyl (C=O) groups excluding carboxylic acids is 6. The fourth-order valence-electron chi connectivity index (χ4n) is 8.87. The van der Waals surface area contributed by atoms with E-state index in [1.807, 2.05) is 54.6 Å². The summed E-state index contributed by atoms with van der Waals surface area (Å²) in [4.78, 5) is 102. The Kier molecular flexibility index (Phi) is 19.6. The van der Waals surface area contributed by atoms with Gasteiger partial charge in [-0.15, -0.1) is 0 Å². The Morgan fingerprint density at radius 3 is 2.16 bits per heavy atom. The van der Waals surface area contributed by atoms with E-state index in [-0.39, 0.29) is 62.5 Å². The summed E-state index contributed by atoms with van der Waals surface area (Å²) in [7, 11) is 0. The molecular formula is C47H63F3N10O8. The number of aryl methyl sites for hydroxylation is 1. The molecule has 3 fully saturated rings. The Morgan fingerprint density at radius 2 is 1.46 bits per heavy atom. The maximum atomic E-state index is 14.5. The van der Waals surface area contributed by atoms with E-state index < -0.39 is 66.0 Å². The number of fused-ring (bicyclic) bond motifs is 2. The number of amides is 6. The van der Waals surface area contributed by atoms with Crippen molar-refractivity contribution < 1.29 is 51.8 Å². The number of hydrogen-bond donors (Lipinski definition) is 9. The van der Waals surface area contributed by atoms with Crippen LogP contribution in [-0.2, 0) is 46.4 Å². The molecule has 2 aliphatic heterocycles. The van der Waals surface area contributed by atoms with Crippen LogP contribution >= 0.6 is 0 Å². The van der Waals surface area contributed by atoms with Gasteiger partial charge in [-0.3, -0.25) is 33.8 Å². The largest absolute Gasteiger partial charge is 0.490 e. The molecule has 1 aromatic heterocycles. The van der Waals surface area contributed by atoms with E-state index in [2.05, 4.69) is 36.6 Å². The van der Waals surface area contributed by atoms with Crippen molar-refractivity contribution in [2.75, 3.05) is 19.6 Å². The number of nitrogens with one attached hydrogen (secondary N) is 6. The fraction of sp³-hybridized carbons (Fsp3) is 0.532. The van der Waals surface area contributed by atoms with Gasteiger partial charge in [0.1, 0.15) is 30.2 Å². The van der Waals surface area contributed by atoms with Crippen LogP contribution < -0.4 is 38.1 Å². The number of nitrogens with zero attached hydrogens (tertiary/aromatic N) is 2. The van der Waals surface area contributed by atoms with Crippen LogP contribution in [0, 0.1) is 5.92 Å². The monoisotopic (exact) mass is 952 g/mol. The molecule has 3 heterocycles. The number of aliphatic imine (C=N–C) groups is 1. The lowest BCUT2D eigenvalue weighted by atomic mass is 9.84. The Hall–Kier alpha value is -6.67. The van der Waals surface area contributed by atoms with Crippen LogP contribution in [0.1, 0.15) is 94.6 Å². The van der Waals surface area contributed by atoms with Gasteiger partial charge in [0.2, 0.25) is 35.4 Å². The molecule has 6 rings (SSSR count). The second kappa shape index (κ2) is 25.5. The number of alkyl halides is 3. The number of aliphatic carboxylic acids is 1. The number of aromatic amines is 1. The van der Waals surface area contributed by atoms with Gasteiger partial charge in [0.05, 0.1) is 0 Å². The average molecular weight is 953 g/mol. The highest BCUT2D eigenvalue weighted by Crippen LogP contribution is 2.28. The predicted octanol–water partition coefficient (Wildman–Crippen LogP) is 2.84. The number of hydrogen-bond acceptors (Lipinski definition) is 8. The Balaban J connectivity index is 0.00000114. The second-order valence-electron chi connectivity index (χ2n) is 17.5. The van der Waals surface area contributed by atoms with Crippen LogP contribution in [0.3, 0.4) is 0 Å². The third-order valence-electron chi connectivity index (χ3n) is 12.4. The lowest BCUT2D eigenvalue weighted by Crippen LogP contribution is -2.59. The van der Waals surface area contributed by atoms with E-state index in [9.17, 15) is 41.9 Å². The Labute approximate surface area is 392 Å². The van der Waals surface area contributed by atoms with E-state index >= 15 is 0 Å². The van der Waals surface area contributed by atoms with Crippen LogP contribution in [-0.4, -0.2) is 118 Å². The second-order valence-corrected chi connectivity index (χ2v) is 17.5. The zero-order chi connectivity index (χ0) is 49.2. The molecule has 5 unspecified atom stereocenters. The molecule has 0 radical (unpaired) electrons. The van der Waals surface area contributed by atoms with Crippen molar-refractivity contribution in [1.29, 1.82) is 0 Å². The molecule has 5 atom stereocenters. The SMILES string of the molecule is NC(N)=NCCCC1NC(=O)C(Cc2c[nH]c3ccccc23)NC(=O)C(CC2CCCCC2)NC(=O)C2CCCN2C(=O)C(NC(=O)CCc2ccccc2)CCCNC1=O.O=C(O)C(F)(F)F. The summed E-state index contributed by atoms with van der Waals surface area (Å²) in [6, 6.07) is 12.3. The molecule has 0 spiro atoms. The topological polar surface area (TPSA) is 283 Å². The number of nitrogens with two attached hydrogens (primary N) is 2. The molecule has 11 N–H and O–H groups in total. The number of para-hydroxylation sites is 1. The van der Waals surface area contributed by atoms with Gasteiger partial charge in [0.15, 0.2) is 5.96 Å². The van der Waals surface area contributed by atoms with Crippen molar-refractivity contribution in [3.63, 3.8) is 0 Å². The number of carboxylic acids is 1. The van der Waals surface area contributed by atoms with E-state index in [0.29, 0.717) is 45.1 Å². The summed E-state index contributed by atoms with van der Waals surface area (Å²) in [5, 5.41) is 22.8. The van der Waals surface area contributed by atoms with Crippen molar-refractivity contribution in [2.24, 2.45) is 22.4 Å². The summed E-state index contributed by atoms with van der Waals surface area (Å²) >= 11 is 0. The standard InChI is InChI=1S/C45H62N10O6.C2HF3O2/c46-45(47)49-24-9-18-34-40(57)48-23-10-19-35(51-39(56)22-21-29-12-3-1-4-13-29)44(61)55-25-11-20-38(55)43(60)54-36(26-30-14-5-2-6-15-30)41(58)53-37(42(59)52-34)27-31-28-50-33-17-8-7-16-32(31)33;3-2(4,5)1(6)7/h1,3-4,7-8,12-13,16-17,28,30,34-38,50H,2,5-6,9-11,14-15,18-27H2,(H,48,57)(H,51,56)(H,52,59)(H,53,58)(H,54,60)(H4,46,47,49);(H,6,7). The lowest BCUT2D eigenvalue weighted by molar-refractivity contribution is -0.192. The lowest BCUT2D eigenvalue weighted by Gasteiger charge is -2.32. The highest BCUT2D eigenvalue weighted by molar-refractivity contribution is 5.97. The number of guanidine groups is 1. The molecule has 1 saturated carbocycles. The van der Waals surface area contributed by atoms with Crippen LogP contribution in [0.2, 0.25) is 0 Å². The van der Waals surface area contributed by atoms with Crippen molar-refractivity contribution in [2.45, 2.75) is 133 Å². The molecule has 1 aliphatic carbocycles. The van der Waals surface area contributed by atoms with Crippen LogP contribution in [0.25, 0.3) is 10.9 Å². The highest BCUT2D eigenvalue weighted by Gasteiger charge is 2.40. The molecule has 2 saturated heterocycles. The smallest absolute Gasteiger partial charge is 0.475 e. The molecule has 68 heavy (non-hydrogen) atoms. The van der Waals surface area contributed by atoms with E-state index in [0.717, 1.165) is 54.1 Å². The maximum Gasteiger partial charge on any atom is 0.490 e. The Morgan fingerprint density at radius 1 is 0.794 bits per heavy atom. The molecule has 0 bridgehead atoms. The molecule has 2 aromatic carbocycles. The average Bonchev–Trinajstić information content (AvgIpc) is 3.98. The van der Waals surface area contributed by atoms with Gasteiger partial charge in [0, 0.05) is 49.6 Å². The van der Waals surface area contributed by atoms with Crippen molar-refractivity contribution in [3.8, 4) is 0 Å². The van der Waals surface area contributed by atoms with Gasteiger partial charge in [0.25, 0.3) is 0 Å². The minimum absolute atomic E-state index is 0.0916. The van der Waals surface area contributed by atoms with Gasteiger partial charge < -0.3 is 53.0 Å². The number of carbonyl (C=O) groups is 7. The summed E-state index contributed by atoms with van der Waals surface area (Å²) in [6.07, 6.45) is 4.88. The van der Waals surface area contributed by atoms with Gasteiger partial charge in [-0.05, 0) is 74.5 Å². The van der Waals surface area contributed by atoms with Gasteiger partial charge >= 0.3 is 12.1 Å². The summed E-state index contributed by atoms with van der Waals surface area (Å²) in [5.74, 6) is -5.32. The van der Waals surface area contributed by atoms with Crippen molar-refractivity contribution in [1.82, 2.24) is 36.5 Å². The van der Waals surface area contributed by atoms with E-state index in [1.54, 1.807) is 6.20 Å². The zero-order valence-corrected chi connectivity index (χ0v) is 38.0. The minimum atomic E-state index is -5.08. The first-order valence-electron chi connectivity index (χ1n) is 23.2. The number of rotatable bonds is 12. The number of benzene rings is 2. The normalized spacial score (nSPS) is 22.5. The van der Waals surface area contributed by atoms with Crippen LogP contribution in [0.4, 0.5) is 13.2 Å². The van der Waals surface area contributed by atoms with Gasteiger partial charge in [-0.1, -0.05) is 80.6 Å². The van der Waals surface area contributed by atoms with E-state index in [1.165, 1.54) is 4.90 Å². The predicted molar refractivity (Wildman–Crippen MR) is 246 cm³/mol. The molecule has 21 heteroatoms. The molecule has 6 amide bonds.